The number of nitrogens with zero attached hydrogens (tertiary/aromatic N) is 6. The Hall–Kier alpha value is -2.77. The summed E-state index contributed by atoms with van der Waals surface area (Å²) in [7, 11) is 1.88. The number of piperidine rings is 1. The first-order valence-electron chi connectivity index (χ1n) is 10.0. The van der Waals surface area contributed by atoms with Crippen molar-refractivity contribution < 1.29 is 9.53 Å². The second-order valence-corrected chi connectivity index (χ2v) is 8.56. The van der Waals surface area contributed by atoms with Crippen LogP contribution < -0.4 is 4.90 Å². The van der Waals surface area contributed by atoms with Crippen molar-refractivity contribution in [1.82, 2.24) is 24.8 Å². The van der Waals surface area contributed by atoms with Crippen LogP contribution in [0.5, 0.6) is 0 Å². The largest absolute Gasteiger partial charge is 0.444 e. The number of rotatable bonds is 4. The maximum atomic E-state index is 12.4. The fraction of sp³-hybridized carbons (Fsp3) is 0.571. The molecule has 0 aliphatic carbocycles. The number of carbonyl (C=O) groups excluding carboxylic acids is 1. The van der Waals surface area contributed by atoms with Gasteiger partial charge in [0, 0.05) is 32.0 Å². The molecule has 8 heteroatoms. The maximum absolute atomic E-state index is 12.4. The van der Waals surface area contributed by atoms with Crippen LogP contribution in [0.15, 0.2) is 24.7 Å². The molecule has 1 aliphatic rings. The lowest BCUT2D eigenvalue weighted by atomic mass is 9.93. The Kier molecular flexibility index (Phi) is 6.30. The molecular weight excluding hydrogens is 368 g/mol. The zero-order valence-electron chi connectivity index (χ0n) is 17.9. The summed E-state index contributed by atoms with van der Waals surface area (Å²) >= 11 is 0. The summed E-state index contributed by atoms with van der Waals surface area (Å²) in [4.78, 5) is 33.8. The Labute approximate surface area is 172 Å². The van der Waals surface area contributed by atoms with Crippen molar-refractivity contribution in [1.29, 1.82) is 0 Å². The lowest BCUT2D eigenvalue weighted by Gasteiger charge is -2.34. The normalized spacial score (nSPS) is 17.1. The van der Waals surface area contributed by atoms with Gasteiger partial charge in [-0.3, -0.25) is 9.88 Å². The molecule has 0 radical (unpaired) electrons. The van der Waals surface area contributed by atoms with Gasteiger partial charge in [-0.15, -0.1) is 0 Å². The van der Waals surface area contributed by atoms with Gasteiger partial charge in [-0.1, -0.05) is 0 Å². The molecule has 0 N–H and O–H groups in total. The van der Waals surface area contributed by atoms with Crippen molar-refractivity contribution in [3.63, 3.8) is 0 Å². The number of aromatic nitrogens is 4. The molecule has 0 spiro atoms. The van der Waals surface area contributed by atoms with Gasteiger partial charge in [-0.25, -0.2) is 19.7 Å². The van der Waals surface area contributed by atoms with E-state index < -0.39 is 5.60 Å². The highest BCUT2D eigenvalue weighted by atomic mass is 16.6. The van der Waals surface area contributed by atoms with Crippen LogP contribution in [0.3, 0.4) is 0 Å². The lowest BCUT2D eigenvalue weighted by molar-refractivity contribution is 0.0165. The summed E-state index contributed by atoms with van der Waals surface area (Å²) in [6.45, 7) is 9.01. The summed E-state index contributed by atoms with van der Waals surface area (Å²) in [5.41, 5.74) is 1.34. The first-order chi connectivity index (χ1) is 13.7. The standard InChI is InChI=1S/C21H30N6O2/c1-15-12-24-18(13-23-15)26(5)19-22-9-8-17(25-19)11-16-7-6-10-27(14-16)20(28)29-21(2,3)4/h8-9,12-13,16H,6-7,10-11,14H2,1-5H3/t16-/m0/s1. The number of hydrogen-bond acceptors (Lipinski definition) is 7. The second kappa shape index (κ2) is 8.71. The van der Waals surface area contributed by atoms with Crippen LogP contribution in [0.4, 0.5) is 16.6 Å². The third-order valence-electron chi connectivity index (χ3n) is 4.78. The topological polar surface area (TPSA) is 84.3 Å². The van der Waals surface area contributed by atoms with Gasteiger partial charge in [0.2, 0.25) is 5.95 Å². The molecule has 2 aromatic rings. The Balaban J connectivity index is 1.65. The average Bonchev–Trinajstić information content (AvgIpc) is 2.67. The van der Waals surface area contributed by atoms with E-state index in [2.05, 4.69) is 15.0 Å². The first kappa shape index (κ1) is 21.0. The number of amides is 1. The predicted octanol–water partition coefficient (Wildman–Crippen LogP) is 3.53. The molecule has 8 nitrogen and oxygen atoms in total. The van der Waals surface area contributed by atoms with Crippen LogP contribution in [-0.4, -0.2) is 56.7 Å². The minimum atomic E-state index is -0.477. The van der Waals surface area contributed by atoms with E-state index in [1.807, 2.05) is 50.6 Å². The van der Waals surface area contributed by atoms with Crippen molar-refractivity contribution in [3.05, 3.63) is 36.0 Å². The molecule has 0 aromatic carbocycles. The number of anilines is 2. The monoisotopic (exact) mass is 398 g/mol. The summed E-state index contributed by atoms with van der Waals surface area (Å²) in [6, 6.07) is 1.94. The molecule has 29 heavy (non-hydrogen) atoms. The number of hydrogen-bond donors (Lipinski definition) is 0. The first-order valence-corrected chi connectivity index (χ1v) is 10.0. The van der Waals surface area contributed by atoms with Gasteiger partial charge >= 0.3 is 6.09 Å². The van der Waals surface area contributed by atoms with E-state index in [-0.39, 0.29) is 6.09 Å². The molecule has 1 fully saturated rings. The Morgan fingerprint density at radius 1 is 1.28 bits per heavy atom. The van der Waals surface area contributed by atoms with Gasteiger partial charge < -0.3 is 9.64 Å². The maximum Gasteiger partial charge on any atom is 0.410 e. The fourth-order valence-corrected chi connectivity index (χ4v) is 3.34. The van der Waals surface area contributed by atoms with Crippen LogP contribution in [0.25, 0.3) is 0 Å². The molecule has 1 amide bonds. The highest BCUT2D eigenvalue weighted by molar-refractivity contribution is 5.68. The van der Waals surface area contributed by atoms with E-state index in [1.165, 1.54) is 0 Å². The molecule has 0 bridgehead atoms. The molecule has 1 atom stereocenters. The smallest absolute Gasteiger partial charge is 0.410 e. The minimum absolute atomic E-state index is 0.233. The molecule has 3 rings (SSSR count). The Morgan fingerprint density at radius 2 is 2.07 bits per heavy atom. The number of carbonyl (C=O) groups is 1. The highest BCUT2D eigenvalue weighted by Gasteiger charge is 2.28. The third-order valence-corrected chi connectivity index (χ3v) is 4.78. The molecule has 0 saturated carbocycles. The van der Waals surface area contributed by atoms with Gasteiger partial charge in [0.25, 0.3) is 0 Å². The van der Waals surface area contributed by atoms with Crippen LogP contribution >= 0.6 is 0 Å². The predicted molar refractivity (Wildman–Crippen MR) is 111 cm³/mol. The number of likely N-dealkylation sites (tertiary alicyclic amines) is 1. The Bertz CT molecular complexity index is 834. The zero-order chi connectivity index (χ0) is 21.0. The van der Waals surface area contributed by atoms with Crippen molar-refractivity contribution in [2.24, 2.45) is 5.92 Å². The van der Waals surface area contributed by atoms with E-state index in [9.17, 15) is 4.79 Å². The number of ether oxygens (including phenoxy) is 1. The number of aryl methyl sites for hydroxylation is 1. The molecule has 1 saturated heterocycles. The molecule has 0 unspecified atom stereocenters. The average molecular weight is 399 g/mol. The molecule has 1 aliphatic heterocycles. The molecule has 3 heterocycles. The van der Waals surface area contributed by atoms with Crippen LogP contribution in [0, 0.1) is 12.8 Å². The third kappa shape index (κ3) is 5.85. The van der Waals surface area contributed by atoms with E-state index in [0.29, 0.717) is 24.2 Å². The Morgan fingerprint density at radius 3 is 2.76 bits per heavy atom. The van der Waals surface area contributed by atoms with Crippen LogP contribution in [-0.2, 0) is 11.2 Å². The summed E-state index contributed by atoms with van der Waals surface area (Å²) in [5.74, 6) is 1.63. The summed E-state index contributed by atoms with van der Waals surface area (Å²) in [5, 5.41) is 0. The van der Waals surface area contributed by atoms with Crippen molar-refractivity contribution in [2.45, 2.75) is 52.6 Å². The van der Waals surface area contributed by atoms with Crippen molar-refractivity contribution >= 4 is 17.9 Å². The zero-order valence-corrected chi connectivity index (χ0v) is 17.9. The van der Waals surface area contributed by atoms with Gasteiger partial charge in [-0.05, 0) is 58.9 Å². The highest BCUT2D eigenvalue weighted by Crippen LogP contribution is 2.23. The van der Waals surface area contributed by atoms with Gasteiger partial charge in [0.1, 0.15) is 5.60 Å². The van der Waals surface area contributed by atoms with Crippen molar-refractivity contribution in [2.75, 3.05) is 25.0 Å². The summed E-state index contributed by atoms with van der Waals surface area (Å²) in [6.07, 6.45) is 7.81. The van der Waals surface area contributed by atoms with Gasteiger partial charge in [0.05, 0.1) is 18.1 Å². The van der Waals surface area contributed by atoms with Gasteiger partial charge in [0.15, 0.2) is 5.82 Å². The van der Waals surface area contributed by atoms with Crippen LogP contribution in [0.1, 0.15) is 45.0 Å². The van der Waals surface area contributed by atoms with E-state index >= 15 is 0 Å². The molecule has 2 aromatic heterocycles. The fourth-order valence-electron chi connectivity index (χ4n) is 3.34. The van der Waals surface area contributed by atoms with Crippen molar-refractivity contribution in [3.8, 4) is 0 Å². The van der Waals surface area contributed by atoms with Gasteiger partial charge in [-0.2, -0.15) is 0 Å². The van der Waals surface area contributed by atoms with E-state index in [1.54, 1.807) is 18.6 Å². The van der Waals surface area contributed by atoms with E-state index in [0.717, 1.165) is 37.2 Å². The second-order valence-electron chi connectivity index (χ2n) is 8.56. The SMILES string of the molecule is Cc1cnc(N(C)c2nccc(C[C@@H]3CCCN(C(=O)OC(C)(C)C)C3)n2)cn1. The van der Waals surface area contributed by atoms with E-state index in [4.69, 9.17) is 9.72 Å². The quantitative estimate of drug-likeness (QED) is 0.779. The summed E-state index contributed by atoms with van der Waals surface area (Å²) < 4.78 is 5.53. The minimum Gasteiger partial charge on any atom is -0.444 e. The molecular formula is C21H30N6O2. The lowest BCUT2D eigenvalue weighted by Crippen LogP contribution is -2.43. The van der Waals surface area contributed by atoms with Crippen LogP contribution in [0.2, 0.25) is 0 Å². The molecule has 156 valence electrons.